The number of nitrogens with one attached hydrogen (secondary N) is 1. The fraction of sp³-hybridized carbons (Fsp3) is 0.240. The second-order valence-corrected chi connectivity index (χ2v) is 7.54. The molecule has 1 aliphatic rings. The van der Waals surface area contributed by atoms with Gasteiger partial charge in [-0.1, -0.05) is 65.8 Å². The molecular formula is C25H25N3O4. The van der Waals surface area contributed by atoms with E-state index < -0.39 is 6.04 Å². The van der Waals surface area contributed by atoms with Crippen LogP contribution in [0.5, 0.6) is 5.75 Å². The minimum atomic E-state index is -0.661. The van der Waals surface area contributed by atoms with Crippen LogP contribution >= 0.6 is 0 Å². The minimum Gasteiger partial charge on any atom is -0.484 e. The molecule has 0 bridgehead atoms. The molecule has 3 aromatic rings. The van der Waals surface area contributed by atoms with Crippen LogP contribution in [0.2, 0.25) is 0 Å². The molecule has 32 heavy (non-hydrogen) atoms. The van der Waals surface area contributed by atoms with E-state index >= 15 is 0 Å². The first-order valence-corrected chi connectivity index (χ1v) is 10.5. The molecule has 1 fully saturated rings. The Morgan fingerprint density at radius 1 is 1.03 bits per heavy atom. The van der Waals surface area contributed by atoms with Crippen molar-refractivity contribution in [3.05, 3.63) is 78.4 Å². The number of fused-ring (bicyclic) bond motifs is 1. The van der Waals surface area contributed by atoms with Crippen LogP contribution in [0.4, 0.5) is 0 Å². The number of ether oxygens (including phenoxy) is 1. The van der Waals surface area contributed by atoms with Gasteiger partial charge in [0.25, 0.3) is 5.91 Å². The largest absolute Gasteiger partial charge is 0.484 e. The van der Waals surface area contributed by atoms with Crippen molar-refractivity contribution in [2.75, 3.05) is 20.3 Å². The first kappa shape index (κ1) is 21.4. The number of para-hydroxylation sites is 1. The Balaban J connectivity index is 1.44. The van der Waals surface area contributed by atoms with Gasteiger partial charge in [0.2, 0.25) is 5.91 Å². The first-order chi connectivity index (χ1) is 15.7. The zero-order valence-electron chi connectivity index (χ0n) is 17.9. The Bertz CT molecular complexity index is 1120. The summed E-state index contributed by atoms with van der Waals surface area (Å²) in [4.78, 5) is 32.3. The number of nitrogens with zero attached hydrogens (tertiary/aromatic N) is 2. The van der Waals surface area contributed by atoms with E-state index in [1.807, 2.05) is 60.7 Å². The lowest BCUT2D eigenvalue weighted by atomic mass is 10.0. The Morgan fingerprint density at radius 3 is 2.59 bits per heavy atom. The summed E-state index contributed by atoms with van der Waals surface area (Å²) in [5.41, 5.74) is 1.66. The van der Waals surface area contributed by atoms with Crippen molar-refractivity contribution in [2.45, 2.75) is 19.0 Å². The lowest BCUT2D eigenvalue weighted by molar-refractivity contribution is -0.139. The Labute approximate surface area is 186 Å². The van der Waals surface area contributed by atoms with Crippen molar-refractivity contribution in [2.24, 2.45) is 5.16 Å². The number of carbonyl (C=O) groups excluding carboxylic acids is 2. The van der Waals surface area contributed by atoms with Gasteiger partial charge >= 0.3 is 0 Å². The molecule has 2 amide bonds. The Morgan fingerprint density at radius 2 is 1.78 bits per heavy atom. The molecule has 1 aliphatic heterocycles. The number of hydrogen-bond donors (Lipinski definition) is 1. The summed E-state index contributed by atoms with van der Waals surface area (Å²) in [6.45, 7) is 0.449. The van der Waals surface area contributed by atoms with Gasteiger partial charge in [-0.2, -0.15) is 0 Å². The summed E-state index contributed by atoms with van der Waals surface area (Å²) in [5.74, 6) is 0.0931. The predicted molar refractivity (Wildman–Crippen MR) is 122 cm³/mol. The van der Waals surface area contributed by atoms with E-state index in [0.29, 0.717) is 24.4 Å². The molecule has 1 saturated heterocycles. The molecule has 1 N–H and O–H groups in total. The van der Waals surface area contributed by atoms with Crippen molar-refractivity contribution in [3.63, 3.8) is 0 Å². The molecule has 1 unspecified atom stereocenters. The fourth-order valence-corrected chi connectivity index (χ4v) is 3.89. The maximum atomic E-state index is 13.1. The van der Waals surface area contributed by atoms with Crippen LogP contribution in [0.3, 0.4) is 0 Å². The number of likely N-dealkylation sites (tertiary alicyclic amines) is 1. The van der Waals surface area contributed by atoms with E-state index in [-0.39, 0.29) is 25.0 Å². The van der Waals surface area contributed by atoms with Crippen LogP contribution in [-0.2, 0) is 21.0 Å². The zero-order chi connectivity index (χ0) is 22.3. The highest BCUT2D eigenvalue weighted by atomic mass is 16.6. The van der Waals surface area contributed by atoms with Gasteiger partial charge in [0.05, 0.1) is 12.3 Å². The SMILES string of the molecule is CO/N=C1/CC(C(=O)NCc2cccc3ccccc23)N(C(=O)COc2ccccc2)C1. The number of carbonyl (C=O) groups is 2. The van der Waals surface area contributed by atoms with E-state index in [1.165, 1.54) is 12.0 Å². The molecule has 0 aromatic heterocycles. The highest BCUT2D eigenvalue weighted by Crippen LogP contribution is 2.20. The van der Waals surface area contributed by atoms with Crippen molar-refractivity contribution in [1.82, 2.24) is 10.2 Å². The Kier molecular flexibility index (Phi) is 6.65. The van der Waals surface area contributed by atoms with Gasteiger partial charge in [-0.15, -0.1) is 0 Å². The molecule has 3 aromatic carbocycles. The number of amides is 2. The zero-order valence-corrected chi connectivity index (χ0v) is 17.9. The molecule has 0 radical (unpaired) electrons. The number of rotatable bonds is 7. The van der Waals surface area contributed by atoms with Crippen molar-refractivity contribution >= 4 is 28.3 Å². The first-order valence-electron chi connectivity index (χ1n) is 10.5. The van der Waals surface area contributed by atoms with E-state index in [1.54, 1.807) is 12.1 Å². The second-order valence-electron chi connectivity index (χ2n) is 7.54. The van der Waals surface area contributed by atoms with Crippen molar-refractivity contribution in [3.8, 4) is 5.75 Å². The predicted octanol–water partition coefficient (Wildman–Crippen LogP) is 3.14. The van der Waals surface area contributed by atoms with Gasteiger partial charge in [0.1, 0.15) is 18.9 Å². The third-order valence-electron chi connectivity index (χ3n) is 5.44. The van der Waals surface area contributed by atoms with Gasteiger partial charge in [0.15, 0.2) is 6.61 Å². The summed E-state index contributed by atoms with van der Waals surface area (Å²) in [5, 5.41) is 9.16. The molecular weight excluding hydrogens is 406 g/mol. The maximum absolute atomic E-state index is 13.1. The normalized spacial score (nSPS) is 16.8. The van der Waals surface area contributed by atoms with Crippen LogP contribution in [0.15, 0.2) is 78.0 Å². The topological polar surface area (TPSA) is 80.2 Å². The quantitative estimate of drug-likeness (QED) is 0.583. The third kappa shape index (κ3) is 4.88. The smallest absolute Gasteiger partial charge is 0.261 e. The number of hydrogen-bond acceptors (Lipinski definition) is 5. The molecule has 1 heterocycles. The van der Waals surface area contributed by atoms with Crippen LogP contribution in [-0.4, -0.2) is 48.7 Å². The average molecular weight is 431 g/mol. The lowest BCUT2D eigenvalue weighted by Crippen LogP contribution is -2.47. The van der Waals surface area contributed by atoms with E-state index in [2.05, 4.69) is 10.5 Å². The molecule has 0 saturated carbocycles. The van der Waals surface area contributed by atoms with Crippen molar-refractivity contribution < 1.29 is 19.2 Å². The summed E-state index contributed by atoms with van der Waals surface area (Å²) in [6, 6.07) is 22.5. The number of benzene rings is 3. The average Bonchev–Trinajstić information content (AvgIpc) is 3.26. The molecule has 7 nitrogen and oxygen atoms in total. The van der Waals surface area contributed by atoms with E-state index in [9.17, 15) is 9.59 Å². The van der Waals surface area contributed by atoms with Crippen LogP contribution in [0.25, 0.3) is 10.8 Å². The molecule has 1 atom stereocenters. The van der Waals surface area contributed by atoms with E-state index in [4.69, 9.17) is 9.57 Å². The molecule has 0 spiro atoms. The molecule has 164 valence electrons. The minimum absolute atomic E-state index is 0.155. The van der Waals surface area contributed by atoms with Gasteiger partial charge in [-0.3, -0.25) is 9.59 Å². The van der Waals surface area contributed by atoms with Gasteiger partial charge in [0, 0.05) is 13.0 Å². The van der Waals surface area contributed by atoms with E-state index in [0.717, 1.165) is 16.3 Å². The lowest BCUT2D eigenvalue weighted by Gasteiger charge is -2.23. The molecule has 7 heteroatoms. The summed E-state index contributed by atoms with van der Waals surface area (Å²) >= 11 is 0. The van der Waals surface area contributed by atoms with Crippen LogP contribution in [0, 0.1) is 0 Å². The molecule has 0 aliphatic carbocycles. The summed E-state index contributed by atoms with van der Waals surface area (Å²) in [6.07, 6.45) is 0.326. The maximum Gasteiger partial charge on any atom is 0.261 e. The van der Waals surface area contributed by atoms with Gasteiger partial charge in [-0.05, 0) is 28.5 Å². The second kappa shape index (κ2) is 9.96. The van der Waals surface area contributed by atoms with Gasteiger partial charge in [-0.25, -0.2) is 0 Å². The van der Waals surface area contributed by atoms with Gasteiger partial charge < -0.3 is 19.8 Å². The molecule has 4 rings (SSSR count). The third-order valence-corrected chi connectivity index (χ3v) is 5.44. The Hall–Kier alpha value is -3.87. The summed E-state index contributed by atoms with van der Waals surface area (Å²) < 4.78 is 5.59. The number of oxime groups is 1. The van der Waals surface area contributed by atoms with Crippen LogP contribution in [0.1, 0.15) is 12.0 Å². The summed E-state index contributed by atoms with van der Waals surface area (Å²) in [7, 11) is 1.45. The highest BCUT2D eigenvalue weighted by Gasteiger charge is 2.38. The standard InChI is InChI=1S/C25H25N3O4/c1-31-27-20-14-23(28(16-20)24(29)17-32-21-11-3-2-4-12-21)25(30)26-15-19-10-7-9-18-8-5-6-13-22(18)19/h2-13,23H,14-17H2,1H3,(H,26,30)/b27-20-. The fourth-order valence-electron chi connectivity index (χ4n) is 3.89. The van der Waals surface area contributed by atoms with Crippen molar-refractivity contribution in [1.29, 1.82) is 0 Å². The monoisotopic (exact) mass is 431 g/mol. The van der Waals surface area contributed by atoms with Crippen LogP contribution < -0.4 is 10.1 Å². The highest BCUT2D eigenvalue weighted by molar-refractivity contribution is 6.01.